The molecule has 0 aliphatic carbocycles. The van der Waals surface area contributed by atoms with Gasteiger partial charge in [-0.3, -0.25) is 4.55 Å². The van der Waals surface area contributed by atoms with Gasteiger partial charge in [-0.25, -0.2) is 0 Å². The fourth-order valence-electron chi connectivity index (χ4n) is 1.31. The molecule has 0 bridgehead atoms. The van der Waals surface area contributed by atoms with E-state index in [1.54, 1.807) is 18.2 Å². The Bertz CT molecular complexity index is 548. The van der Waals surface area contributed by atoms with Crippen LogP contribution in [0.2, 0.25) is 0 Å². The lowest BCUT2D eigenvalue weighted by Crippen LogP contribution is -1.96. The SMILES string of the molecule is CCc1ccccc1.O=S(=O)(O)c1ccccc1. The Morgan fingerprint density at radius 3 is 1.61 bits per heavy atom. The summed E-state index contributed by atoms with van der Waals surface area (Å²) in [6.07, 6.45) is 1.14. The van der Waals surface area contributed by atoms with Gasteiger partial charge in [-0.1, -0.05) is 55.5 Å². The van der Waals surface area contributed by atoms with Crippen LogP contribution in [0.3, 0.4) is 0 Å². The minimum absolute atomic E-state index is 0.0741. The molecule has 96 valence electrons. The number of aryl methyl sites for hydroxylation is 1. The standard InChI is InChI=1S/C8H10.C6H6O3S/c1-2-8-6-4-3-5-7-8;7-10(8,9)6-4-2-1-3-5-6/h3-7H,2H2,1H3;1-5H,(H,7,8,9). The molecular weight excluding hydrogens is 248 g/mol. The highest BCUT2D eigenvalue weighted by atomic mass is 32.2. The van der Waals surface area contributed by atoms with Gasteiger partial charge in [0.25, 0.3) is 10.1 Å². The molecule has 0 unspecified atom stereocenters. The van der Waals surface area contributed by atoms with E-state index in [9.17, 15) is 8.42 Å². The van der Waals surface area contributed by atoms with Gasteiger partial charge in [0.05, 0.1) is 4.90 Å². The Balaban J connectivity index is 0.000000184. The van der Waals surface area contributed by atoms with E-state index in [-0.39, 0.29) is 4.90 Å². The van der Waals surface area contributed by atoms with Crippen molar-refractivity contribution in [3.63, 3.8) is 0 Å². The van der Waals surface area contributed by atoms with Crippen molar-refractivity contribution in [2.75, 3.05) is 0 Å². The van der Waals surface area contributed by atoms with Crippen molar-refractivity contribution < 1.29 is 13.0 Å². The van der Waals surface area contributed by atoms with Crippen LogP contribution in [0.15, 0.2) is 65.6 Å². The summed E-state index contributed by atoms with van der Waals surface area (Å²) in [5.74, 6) is 0. The molecule has 18 heavy (non-hydrogen) atoms. The maximum Gasteiger partial charge on any atom is 0.294 e. The second kappa shape index (κ2) is 6.93. The Hall–Kier alpha value is -1.65. The van der Waals surface area contributed by atoms with Crippen LogP contribution >= 0.6 is 0 Å². The van der Waals surface area contributed by atoms with Crippen LogP contribution in [0.5, 0.6) is 0 Å². The molecule has 0 fully saturated rings. The molecule has 2 rings (SSSR count). The lowest BCUT2D eigenvalue weighted by atomic mass is 10.2. The Morgan fingerprint density at radius 1 is 0.889 bits per heavy atom. The average molecular weight is 264 g/mol. The second-order valence-corrected chi connectivity index (χ2v) is 5.05. The summed E-state index contributed by atoms with van der Waals surface area (Å²) in [5.41, 5.74) is 1.41. The number of rotatable bonds is 2. The lowest BCUT2D eigenvalue weighted by Gasteiger charge is -1.92. The summed E-state index contributed by atoms with van der Waals surface area (Å²) in [6.45, 7) is 2.16. The van der Waals surface area contributed by atoms with Gasteiger partial charge in [0.2, 0.25) is 0 Å². The first-order chi connectivity index (χ1) is 8.54. The normalized spacial score (nSPS) is 10.3. The summed E-state index contributed by atoms with van der Waals surface area (Å²) in [7, 11) is -4.00. The second-order valence-electron chi connectivity index (χ2n) is 3.63. The van der Waals surface area contributed by atoms with Crippen molar-refractivity contribution in [1.82, 2.24) is 0 Å². The Morgan fingerprint density at radius 2 is 1.33 bits per heavy atom. The van der Waals surface area contributed by atoms with Gasteiger partial charge in [0.15, 0.2) is 0 Å². The molecule has 2 aromatic carbocycles. The van der Waals surface area contributed by atoms with Crippen molar-refractivity contribution in [2.45, 2.75) is 18.2 Å². The van der Waals surface area contributed by atoms with Crippen LogP contribution in [0, 0.1) is 0 Å². The van der Waals surface area contributed by atoms with E-state index in [1.165, 1.54) is 17.7 Å². The van der Waals surface area contributed by atoms with Crippen molar-refractivity contribution in [3.8, 4) is 0 Å². The van der Waals surface area contributed by atoms with E-state index in [4.69, 9.17) is 4.55 Å². The maximum atomic E-state index is 10.4. The smallest absolute Gasteiger partial charge is 0.282 e. The van der Waals surface area contributed by atoms with Crippen LogP contribution in [0.4, 0.5) is 0 Å². The zero-order chi connectivity index (χ0) is 13.4. The van der Waals surface area contributed by atoms with Crippen molar-refractivity contribution in [3.05, 3.63) is 66.2 Å². The third-order valence-corrected chi connectivity index (χ3v) is 3.16. The van der Waals surface area contributed by atoms with E-state index < -0.39 is 10.1 Å². The summed E-state index contributed by atoms with van der Waals surface area (Å²) in [6, 6.07) is 17.9. The van der Waals surface area contributed by atoms with Crippen LogP contribution in [-0.2, 0) is 16.5 Å². The van der Waals surface area contributed by atoms with Crippen LogP contribution in [0.1, 0.15) is 12.5 Å². The molecular formula is C14H16O3S. The molecule has 0 radical (unpaired) electrons. The molecule has 4 heteroatoms. The minimum Gasteiger partial charge on any atom is -0.282 e. The highest BCUT2D eigenvalue weighted by molar-refractivity contribution is 7.85. The van der Waals surface area contributed by atoms with Gasteiger partial charge in [0.1, 0.15) is 0 Å². The summed E-state index contributed by atoms with van der Waals surface area (Å²) in [5, 5.41) is 0. The summed E-state index contributed by atoms with van der Waals surface area (Å²) in [4.78, 5) is -0.0741. The topological polar surface area (TPSA) is 54.4 Å². The molecule has 0 heterocycles. The van der Waals surface area contributed by atoms with E-state index in [1.807, 2.05) is 6.07 Å². The lowest BCUT2D eigenvalue weighted by molar-refractivity contribution is 0.483. The fourth-order valence-corrected chi connectivity index (χ4v) is 1.81. The van der Waals surface area contributed by atoms with E-state index in [0.29, 0.717) is 0 Å². The van der Waals surface area contributed by atoms with Crippen molar-refractivity contribution >= 4 is 10.1 Å². The van der Waals surface area contributed by atoms with Crippen LogP contribution in [0.25, 0.3) is 0 Å². The molecule has 0 spiro atoms. The zero-order valence-corrected chi connectivity index (χ0v) is 11.0. The van der Waals surface area contributed by atoms with E-state index >= 15 is 0 Å². The van der Waals surface area contributed by atoms with Gasteiger partial charge >= 0.3 is 0 Å². The molecule has 0 amide bonds. The van der Waals surface area contributed by atoms with Crippen molar-refractivity contribution in [2.24, 2.45) is 0 Å². The first-order valence-electron chi connectivity index (χ1n) is 5.60. The highest BCUT2D eigenvalue weighted by Crippen LogP contribution is 2.05. The first kappa shape index (κ1) is 14.4. The van der Waals surface area contributed by atoms with Crippen LogP contribution in [-0.4, -0.2) is 13.0 Å². The largest absolute Gasteiger partial charge is 0.294 e. The number of hydrogen-bond donors (Lipinski definition) is 1. The zero-order valence-electron chi connectivity index (χ0n) is 10.2. The molecule has 0 saturated carbocycles. The average Bonchev–Trinajstić information content (AvgIpc) is 2.40. The molecule has 3 nitrogen and oxygen atoms in total. The monoisotopic (exact) mass is 264 g/mol. The molecule has 0 aliphatic rings. The minimum atomic E-state index is -4.00. The molecule has 2 aromatic rings. The summed E-state index contributed by atoms with van der Waals surface area (Å²) >= 11 is 0. The summed E-state index contributed by atoms with van der Waals surface area (Å²) < 4.78 is 29.2. The first-order valence-corrected chi connectivity index (χ1v) is 7.04. The van der Waals surface area contributed by atoms with E-state index in [2.05, 4.69) is 31.2 Å². The third kappa shape index (κ3) is 5.12. The molecule has 0 atom stereocenters. The van der Waals surface area contributed by atoms with Gasteiger partial charge in [-0.15, -0.1) is 0 Å². The third-order valence-electron chi connectivity index (χ3n) is 2.29. The highest BCUT2D eigenvalue weighted by Gasteiger charge is 2.05. The Labute approximate surface area is 108 Å². The van der Waals surface area contributed by atoms with Crippen LogP contribution < -0.4 is 0 Å². The maximum absolute atomic E-state index is 10.4. The number of hydrogen-bond acceptors (Lipinski definition) is 2. The van der Waals surface area contributed by atoms with Gasteiger partial charge in [-0.2, -0.15) is 8.42 Å². The van der Waals surface area contributed by atoms with Crippen molar-refractivity contribution in [1.29, 1.82) is 0 Å². The predicted molar refractivity (Wildman–Crippen MR) is 72.1 cm³/mol. The predicted octanol–water partition coefficient (Wildman–Crippen LogP) is 3.18. The molecule has 1 N–H and O–H groups in total. The van der Waals surface area contributed by atoms with E-state index in [0.717, 1.165) is 6.42 Å². The molecule has 0 aromatic heterocycles. The number of benzene rings is 2. The molecule has 0 saturated heterocycles. The van der Waals surface area contributed by atoms with Gasteiger partial charge in [-0.05, 0) is 24.1 Å². The Kier molecular flexibility index (Phi) is 5.55. The quantitative estimate of drug-likeness (QED) is 0.847. The molecule has 0 aliphatic heterocycles. The van der Waals surface area contributed by atoms with Gasteiger partial charge < -0.3 is 0 Å². The van der Waals surface area contributed by atoms with Gasteiger partial charge in [0, 0.05) is 0 Å². The fraction of sp³-hybridized carbons (Fsp3) is 0.143.